The molecule has 0 unspecified atom stereocenters. The quantitative estimate of drug-likeness (QED) is 0.204. The highest BCUT2D eigenvalue weighted by atomic mass is 35.5. The lowest BCUT2D eigenvalue weighted by Gasteiger charge is -2.50. The largest absolute Gasteiger partial charge is 0.504 e. The number of phenols is 1. The maximum absolute atomic E-state index is 14.4. The number of carbonyl (C=O) groups is 4. The number of nitrogens with zero attached hydrogens (tertiary/aromatic N) is 2. The number of hydrogen-bond acceptors (Lipinski definition) is 7. The van der Waals surface area contributed by atoms with E-state index in [0.29, 0.717) is 11.1 Å². The molecule has 0 spiro atoms. The van der Waals surface area contributed by atoms with Gasteiger partial charge in [-0.15, -0.1) is 34.5 Å². The van der Waals surface area contributed by atoms with E-state index < -0.39 is 51.1 Å². The van der Waals surface area contributed by atoms with Gasteiger partial charge in [-0.25, -0.2) is 9.29 Å². The predicted molar refractivity (Wildman–Crippen MR) is 166 cm³/mol. The van der Waals surface area contributed by atoms with E-state index in [1.807, 2.05) is 23.6 Å². The second-order valence-corrected chi connectivity index (χ2v) is 14.0. The van der Waals surface area contributed by atoms with Gasteiger partial charge in [0.05, 0.1) is 30.7 Å². The van der Waals surface area contributed by atoms with E-state index in [0.717, 1.165) is 21.9 Å². The van der Waals surface area contributed by atoms with Gasteiger partial charge in [0.15, 0.2) is 21.2 Å². The van der Waals surface area contributed by atoms with Crippen LogP contribution in [0.5, 0.6) is 11.5 Å². The molecule has 3 aromatic rings. The first-order valence-electron chi connectivity index (χ1n) is 14.6. The lowest BCUT2D eigenvalue weighted by Crippen LogP contribution is -2.60. The number of imide groups is 2. The van der Waals surface area contributed by atoms with Crippen LogP contribution in [0.2, 0.25) is 0 Å². The average molecular weight is 670 g/mol. The van der Waals surface area contributed by atoms with Crippen molar-refractivity contribution in [3.05, 3.63) is 87.9 Å². The van der Waals surface area contributed by atoms with Gasteiger partial charge in [0, 0.05) is 10.8 Å². The van der Waals surface area contributed by atoms with Crippen LogP contribution in [0.25, 0.3) is 0 Å². The first-order valence-corrected chi connectivity index (χ1v) is 16.2. The molecule has 1 aromatic heterocycles. The van der Waals surface area contributed by atoms with Crippen LogP contribution < -0.4 is 9.64 Å². The Bertz CT molecular complexity index is 1780. The molecular weight excluding hydrogens is 642 g/mol. The molecule has 3 heterocycles. The Kier molecular flexibility index (Phi) is 7.11. The summed E-state index contributed by atoms with van der Waals surface area (Å²) < 4.78 is 19.5. The van der Waals surface area contributed by atoms with Crippen molar-refractivity contribution in [2.75, 3.05) is 11.5 Å². The fourth-order valence-corrected chi connectivity index (χ4v) is 9.16. The van der Waals surface area contributed by atoms with Crippen molar-refractivity contribution >= 4 is 63.9 Å². The van der Waals surface area contributed by atoms with Crippen molar-refractivity contribution in [3.8, 4) is 11.5 Å². The Morgan fingerprint density at radius 1 is 1.02 bits per heavy atom. The average Bonchev–Trinajstić information content (AvgIpc) is 3.66. The number of halogens is 3. The summed E-state index contributed by atoms with van der Waals surface area (Å²) in [7, 11) is 0. The number of hydrogen-bond donors (Lipinski definition) is 1. The Morgan fingerprint density at radius 3 is 2.47 bits per heavy atom. The fraction of sp³-hybridized carbons (Fsp3) is 0.333. The highest BCUT2D eigenvalue weighted by molar-refractivity contribution is 7.09. The van der Waals surface area contributed by atoms with Gasteiger partial charge in [-0.1, -0.05) is 23.8 Å². The number of carbonyl (C=O) groups excluding carboxylic acids is 4. The number of rotatable bonds is 6. The van der Waals surface area contributed by atoms with Crippen LogP contribution in [0.3, 0.4) is 0 Å². The molecule has 8 nitrogen and oxygen atoms in total. The monoisotopic (exact) mass is 668 g/mol. The van der Waals surface area contributed by atoms with Gasteiger partial charge in [-0.05, 0) is 79.1 Å². The maximum Gasteiger partial charge on any atom is 0.258 e. The van der Waals surface area contributed by atoms with E-state index in [1.165, 1.54) is 34.4 Å². The number of fused-ring (bicyclic) bond motifs is 4. The number of phenolic OH excluding ortho intramolecular Hbond substituents is 1. The van der Waals surface area contributed by atoms with Crippen molar-refractivity contribution in [2.45, 2.75) is 42.0 Å². The lowest BCUT2D eigenvalue weighted by molar-refractivity contribution is -0.141. The third-order valence-corrected chi connectivity index (χ3v) is 11.8. The third kappa shape index (κ3) is 4.22. The smallest absolute Gasteiger partial charge is 0.258 e. The highest BCUT2D eigenvalue weighted by Gasteiger charge is 2.76. The number of allylic oxidation sites excluding steroid dienone is 2. The van der Waals surface area contributed by atoms with Gasteiger partial charge in [0.25, 0.3) is 11.8 Å². The van der Waals surface area contributed by atoms with Crippen LogP contribution in [0, 0.1) is 23.6 Å². The number of anilines is 1. The zero-order chi connectivity index (χ0) is 31.8. The normalized spacial score (nSPS) is 30.7. The molecule has 0 bridgehead atoms. The Balaban J connectivity index is 1.38. The van der Waals surface area contributed by atoms with E-state index in [-0.39, 0.29) is 55.0 Å². The molecule has 4 aliphatic rings. The number of amides is 4. The standard InChI is InChI=1S/C33H27Cl2FN2O6S/c1-2-44-25-14-17(5-12-24(25)39)27-21-10-11-22-26(29(41)37(28(22)40)16-20-4-3-13-45-20)23(21)15-32(34)30(42)38(31(43)33(27,32)35)19-8-6-18(36)7-9-19/h3-10,12-14,22-23,26-27,39H,2,11,15-16H2,1H3/t22-,23+,26-,27-,32+,33-/m0/s1. The summed E-state index contributed by atoms with van der Waals surface area (Å²) in [6.07, 6.45) is 1.91. The zero-order valence-corrected chi connectivity index (χ0v) is 26.2. The van der Waals surface area contributed by atoms with Crippen molar-refractivity contribution in [1.82, 2.24) is 4.90 Å². The SMILES string of the molecule is CCOc1cc([C@H]2C3=CC[C@@H]4C(=O)N(Cc5cccs5)C(=O)[C@@H]4[C@@H]3C[C@@]3(Cl)C(=O)N(c4ccc(F)cc4)C(=O)[C@@]23Cl)ccc1O. The van der Waals surface area contributed by atoms with Crippen molar-refractivity contribution in [2.24, 2.45) is 17.8 Å². The molecule has 7 rings (SSSR count). The minimum atomic E-state index is -2.07. The first kappa shape index (κ1) is 30.0. The van der Waals surface area contributed by atoms with Gasteiger partial charge in [-0.3, -0.25) is 24.1 Å². The second kappa shape index (κ2) is 10.7. The van der Waals surface area contributed by atoms with E-state index >= 15 is 0 Å². The molecule has 6 atom stereocenters. The molecule has 4 amide bonds. The first-order chi connectivity index (χ1) is 21.5. The number of thiophene rings is 1. The molecule has 2 aliphatic heterocycles. The van der Waals surface area contributed by atoms with Crippen molar-refractivity contribution < 1.29 is 33.4 Å². The third-order valence-electron chi connectivity index (χ3n) is 9.50. The molecule has 2 aromatic carbocycles. The van der Waals surface area contributed by atoms with Crippen LogP contribution in [-0.4, -0.2) is 50.0 Å². The second-order valence-electron chi connectivity index (χ2n) is 11.8. The van der Waals surface area contributed by atoms with E-state index in [4.69, 9.17) is 27.9 Å². The Morgan fingerprint density at radius 2 is 1.78 bits per heavy atom. The molecule has 1 N–H and O–H groups in total. The van der Waals surface area contributed by atoms with Gasteiger partial charge in [-0.2, -0.15) is 0 Å². The van der Waals surface area contributed by atoms with Gasteiger partial charge >= 0.3 is 0 Å². The van der Waals surface area contributed by atoms with Crippen LogP contribution in [0.4, 0.5) is 10.1 Å². The summed E-state index contributed by atoms with van der Waals surface area (Å²) in [5, 5.41) is 12.4. The number of alkyl halides is 2. The summed E-state index contributed by atoms with van der Waals surface area (Å²) in [5.41, 5.74) is 1.17. The minimum absolute atomic E-state index is 0.101. The molecular formula is C33H27Cl2FN2O6S. The molecule has 1 saturated carbocycles. The van der Waals surface area contributed by atoms with Crippen LogP contribution in [-0.2, 0) is 25.7 Å². The molecule has 45 heavy (non-hydrogen) atoms. The number of benzene rings is 2. The summed E-state index contributed by atoms with van der Waals surface area (Å²) in [5.74, 6) is -5.98. The van der Waals surface area contributed by atoms with Gasteiger partial charge < -0.3 is 9.84 Å². The molecule has 0 radical (unpaired) electrons. The molecule has 2 aliphatic carbocycles. The Hall–Kier alpha value is -3.73. The fourth-order valence-electron chi connectivity index (χ4n) is 7.53. The van der Waals surface area contributed by atoms with E-state index in [2.05, 4.69) is 0 Å². The van der Waals surface area contributed by atoms with Crippen LogP contribution in [0.1, 0.15) is 36.1 Å². The van der Waals surface area contributed by atoms with Crippen molar-refractivity contribution in [3.63, 3.8) is 0 Å². The molecule has 3 fully saturated rings. The maximum atomic E-state index is 14.4. The summed E-state index contributed by atoms with van der Waals surface area (Å²) in [4.78, 5) is 55.3. The number of ether oxygens (including phenoxy) is 1. The summed E-state index contributed by atoms with van der Waals surface area (Å²) in [6, 6.07) is 13.1. The summed E-state index contributed by atoms with van der Waals surface area (Å²) >= 11 is 16.2. The Labute approximate surface area is 272 Å². The molecule has 232 valence electrons. The van der Waals surface area contributed by atoms with Gasteiger partial charge in [0.1, 0.15) is 5.82 Å². The molecule has 12 heteroatoms. The molecule has 2 saturated heterocycles. The van der Waals surface area contributed by atoms with Crippen LogP contribution in [0.15, 0.2) is 71.6 Å². The topological polar surface area (TPSA) is 104 Å². The zero-order valence-electron chi connectivity index (χ0n) is 23.9. The van der Waals surface area contributed by atoms with Gasteiger partial charge in [0.2, 0.25) is 11.8 Å². The van der Waals surface area contributed by atoms with E-state index in [9.17, 15) is 28.7 Å². The number of likely N-dealkylation sites (tertiary alicyclic amines) is 1. The lowest BCUT2D eigenvalue weighted by atomic mass is 9.56. The number of aromatic hydroxyl groups is 1. The highest BCUT2D eigenvalue weighted by Crippen LogP contribution is 2.66. The van der Waals surface area contributed by atoms with E-state index in [1.54, 1.807) is 19.1 Å². The van der Waals surface area contributed by atoms with Crippen LogP contribution >= 0.6 is 34.5 Å². The minimum Gasteiger partial charge on any atom is -0.504 e. The summed E-state index contributed by atoms with van der Waals surface area (Å²) in [6.45, 7) is 2.14. The van der Waals surface area contributed by atoms with Crippen molar-refractivity contribution in [1.29, 1.82) is 0 Å². The predicted octanol–water partition coefficient (Wildman–Crippen LogP) is 5.76.